The Hall–Kier alpha value is -2.74. The summed E-state index contributed by atoms with van der Waals surface area (Å²) in [5.41, 5.74) is -0.0992. The van der Waals surface area contributed by atoms with Crippen LogP contribution in [0.4, 0.5) is 17.6 Å². The molecule has 0 N–H and O–H groups in total. The Bertz CT molecular complexity index is 1190. The van der Waals surface area contributed by atoms with Crippen molar-refractivity contribution in [2.75, 3.05) is 13.1 Å². The summed E-state index contributed by atoms with van der Waals surface area (Å²) in [5.74, 6) is -1.74. The Kier molecular flexibility index (Phi) is 6.07. The van der Waals surface area contributed by atoms with E-state index in [0.717, 1.165) is 24.0 Å². The Balaban J connectivity index is 1.81. The van der Waals surface area contributed by atoms with Gasteiger partial charge in [0.15, 0.2) is 0 Å². The molecule has 0 spiro atoms. The van der Waals surface area contributed by atoms with Gasteiger partial charge in [0, 0.05) is 24.7 Å². The highest BCUT2D eigenvalue weighted by Gasteiger charge is 2.38. The molecule has 4 rings (SSSR count). The lowest BCUT2D eigenvalue weighted by Gasteiger charge is -2.35. The molecule has 2 aromatic carbocycles. The molecule has 1 aliphatic rings. The standard InChI is InChI=1S/C24H25F4N3O/c1-15(2)30-11-5-6-16(13-30)14-31-22(32)19-12-17(18-7-3-4-8-20(18)25)9-10-21(19)29-23(31)24(26,27)28/h3-4,7-10,12,15-16H,5-6,11,13-14H2,1-2H3/t16-/m0/s1. The summed E-state index contributed by atoms with van der Waals surface area (Å²) < 4.78 is 56.5. The maximum Gasteiger partial charge on any atom is 0.449 e. The SMILES string of the molecule is CC(C)N1CCC[C@H](Cn2c(C(F)(F)F)nc3ccc(-c4ccccc4F)cc3c2=O)C1. The van der Waals surface area contributed by atoms with Gasteiger partial charge in [-0.3, -0.25) is 9.36 Å². The Morgan fingerprint density at radius 3 is 2.59 bits per heavy atom. The molecule has 1 atom stereocenters. The minimum atomic E-state index is -4.76. The molecule has 0 aliphatic carbocycles. The lowest BCUT2D eigenvalue weighted by Crippen LogP contribution is -2.43. The van der Waals surface area contributed by atoms with Crippen LogP contribution >= 0.6 is 0 Å². The maximum absolute atomic E-state index is 14.2. The number of likely N-dealkylation sites (tertiary alicyclic amines) is 1. The van der Waals surface area contributed by atoms with E-state index >= 15 is 0 Å². The van der Waals surface area contributed by atoms with E-state index in [9.17, 15) is 22.4 Å². The molecule has 0 radical (unpaired) electrons. The van der Waals surface area contributed by atoms with Gasteiger partial charge < -0.3 is 4.90 Å². The second-order valence-electron chi connectivity index (χ2n) is 8.66. The van der Waals surface area contributed by atoms with Crippen LogP contribution in [0.25, 0.3) is 22.0 Å². The van der Waals surface area contributed by atoms with Crippen LogP contribution in [0.3, 0.4) is 0 Å². The Morgan fingerprint density at radius 1 is 1.16 bits per heavy atom. The van der Waals surface area contributed by atoms with E-state index in [2.05, 4.69) is 23.7 Å². The predicted molar refractivity (Wildman–Crippen MR) is 116 cm³/mol. The second-order valence-corrected chi connectivity index (χ2v) is 8.66. The van der Waals surface area contributed by atoms with E-state index in [4.69, 9.17) is 0 Å². The van der Waals surface area contributed by atoms with Crippen molar-refractivity contribution in [2.24, 2.45) is 5.92 Å². The number of fused-ring (bicyclic) bond motifs is 1. The first-order valence-electron chi connectivity index (χ1n) is 10.8. The molecular weight excluding hydrogens is 422 g/mol. The van der Waals surface area contributed by atoms with Gasteiger partial charge in [0.05, 0.1) is 10.9 Å². The van der Waals surface area contributed by atoms with Crippen molar-refractivity contribution in [2.45, 2.75) is 45.5 Å². The van der Waals surface area contributed by atoms with E-state index in [1.54, 1.807) is 18.2 Å². The zero-order valence-corrected chi connectivity index (χ0v) is 18.0. The highest BCUT2D eigenvalue weighted by molar-refractivity contribution is 5.84. The summed E-state index contributed by atoms with van der Waals surface area (Å²) in [6.45, 7) is 5.59. The molecule has 0 saturated carbocycles. The van der Waals surface area contributed by atoms with E-state index in [1.165, 1.54) is 24.3 Å². The van der Waals surface area contributed by atoms with Crippen LogP contribution < -0.4 is 5.56 Å². The number of hydrogen-bond acceptors (Lipinski definition) is 3. The van der Waals surface area contributed by atoms with Gasteiger partial charge in [-0.2, -0.15) is 13.2 Å². The molecule has 1 aliphatic heterocycles. The third-order valence-electron chi connectivity index (χ3n) is 6.11. The Labute approximate surface area is 183 Å². The number of benzene rings is 2. The molecule has 1 saturated heterocycles. The third kappa shape index (κ3) is 4.41. The van der Waals surface area contributed by atoms with Crippen molar-refractivity contribution in [3.63, 3.8) is 0 Å². The molecule has 8 heteroatoms. The summed E-state index contributed by atoms with van der Waals surface area (Å²) in [4.78, 5) is 19.3. The molecule has 0 amide bonds. The fourth-order valence-electron chi connectivity index (χ4n) is 4.44. The molecule has 170 valence electrons. The molecule has 0 unspecified atom stereocenters. The molecular formula is C24H25F4N3O. The minimum Gasteiger partial charge on any atom is -0.301 e. The van der Waals surface area contributed by atoms with Crippen LogP contribution in [-0.4, -0.2) is 33.6 Å². The van der Waals surface area contributed by atoms with Gasteiger partial charge in [-0.25, -0.2) is 9.37 Å². The van der Waals surface area contributed by atoms with Gasteiger partial charge in [-0.1, -0.05) is 24.3 Å². The smallest absolute Gasteiger partial charge is 0.301 e. The number of halogens is 4. The zero-order valence-electron chi connectivity index (χ0n) is 18.0. The summed E-state index contributed by atoms with van der Waals surface area (Å²) >= 11 is 0. The van der Waals surface area contributed by atoms with Crippen LogP contribution in [0, 0.1) is 11.7 Å². The number of piperidine rings is 1. The average molecular weight is 447 g/mol. The lowest BCUT2D eigenvalue weighted by molar-refractivity contribution is -0.148. The van der Waals surface area contributed by atoms with Gasteiger partial charge in [0.1, 0.15) is 5.82 Å². The molecule has 4 nitrogen and oxygen atoms in total. The fraction of sp³-hybridized carbons (Fsp3) is 0.417. The maximum atomic E-state index is 14.2. The third-order valence-corrected chi connectivity index (χ3v) is 6.11. The van der Waals surface area contributed by atoms with Crippen molar-refractivity contribution < 1.29 is 17.6 Å². The van der Waals surface area contributed by atoms with Crippen molar-refractivity contribution in [1.82, 2.24) is 14.5 Å². The monoisotopic (exact) mass is 447 g/mol. The first-order valence-corrected chi connectivity index (χ1v) is 10.8. The molecule has 0 bridgehead atoms. The van der Waals surface area contributed by atoms with Gasteiger partial charge in [-0.05, 0) is 62.9 Å². The highest BCUT2D eigenvalue weighted by Crippen LogP contribution is 2.31. The molecule has 1 aromatic heterocycles. The quantitative estimate of drug-likeness (QED) is 0.507. The number of hydrogen-bond donors (Lipinski definition) is 0. The second kappa shape index (κ2) is 8.65. The molecule has 1 fully saturated rings. The highest BCUT2D eigenvalue weighted by atomic mass is 19.4. The first-order chi connectivity index (χ1) is 15.1. The van der Waals surface area contributed by atoms with Crippen LogP contribution in [0.5, 0.6) is 0 Å². The van der Waals surface area contributed by atoms with Crippen molar-refractivity contribution in [3.05, 3.63) is 64.5 Å². The van der Waals surface area contributed by atoms with Crippen molar-refractivity contribution >= 4 is 10.9 Å². The van der Waals surface area contributed by atoms with Crippen LogP contribution in [0.1, 0.15) is 32.5 Å². The van der Waals surface area contributed by atoms with Crippen LogP contribution in [0.15, 0.2) is 47.3 Å². The van der Waals surface area contributed by atoms with Gasteiger partial charge in [0.2, 0.25) is 5.82 Å². The van der Waals surface area contributed by atoms with Gasteiger partial charge in [0.25, 0.3) is 5.56 Å². The van der Waals surface area contributed by atoms with Crippen molar-refractivity contribution in [1.29, 1.82) is 0 Å². The van der Waals surface area contributed by atoms with Crippen LogP contribution in [-0.2, 0) is 12.7 Å². The molecule has 3 aromatic rings. The number of nitrogens with zero attached hydrogens (tertiary/aromatic N) is 3. The largest absolute Gasteiger partial charge is 0.449 e. The van der Waals surface area contributed by atoms with Crippen LogP contribution in [0.2, 0.25) is 0 Å². The van der Waals surface area contributed by atoms with Gasteiger partial charge >= 0.3 is 6.18 Å². The Morgan fingerprint density at radius 2 is 1.91 bits per heavy atom. The zero-order chi connectivity index (χ0) is 23.0. The topological polar surface area (TPSA) is 38.1 Å². The van der Waals surface area contributed by atoms with E-state index < -0.39 is 23.4 Å². The number of rotatable bonds is 4. The normalized spacial score (nSPS) is 17.9. The number of alkyl halides is 3. The van der Waals surface area contributed by atoms with E-state index in [-0.39, 0.29) is 35.0 Å². The summed E-state index contributed by atoms with van der Waals surface area (Å²) in [5, 5.41) is 0.0512. The lowest BCUT2D eigenvalue weighted by atomic mass is 9.96. The number of aromatic nitrogens is 2. The summed E-state index contributed by atoms with van der Waals surface area (Å²) in [6, 6.07) is 10.6. The summed E-state index contributed by atoms with van der Waals surface area (Å²) in [6.07, 6.45) is -3.14. The summed E-state index contributed by atoms with van der Waals surface area (Å²) in [7, 11) is 0. The fourth-order valence-corrected chi connectivity index (χ4v) is 4.44. The van der Waals surface area contributed by atoms with Gasteiger partial charge in [-0.15, -0.1) is 0 Å². The van der Waals surface area contributed by atoms with E-state index in [0.29, 0.717) is 12.1 Å². The van der Waals surface area contributed by atoms with E-state index in [1.807, 2.05) is 0 Å². The predicted octanol–water partition coefficient (Wildman–Crippen LogP) is 5.34. The van der Waals surface area contributed by atoms with Crippen molar-refractivity contribution in [3.8, 4) is 11.1 Å². The molecule has 2 heterocycles. The average Bonchev–Trinajstić information content (AvgIpc) is 2.75. The minimum absolute atomic E-state index is 0.0499. The first kappa shape index (κ1) is 22.5. The molecule has 32 heavy (non-hydrogen) atoms.